The lowest BCUT2D eigenvalue weighted by atomic mass is 9.78. The fourth-order valence-corrected chi connectivity index (χ4v) is 2.81. The van der Waals surface area contributed by atoms with Gasteiger partial charge in [-0.2, -0.15) is 0 Å². The molecule has 0 bridgehead atoms. The predicted octanol–water partition coefficient (Wildman–Crippen LogP) is 1.77. The van der Waals surface area contributed by atoms with Gasteiger partial charge in [-0.15, -0.1) is 0 Å². The summed E-state index contributed by atoms with van der Waals surface area (Å²) in [6.07, 6.45) is 4.94. The van der Waals surface area contributed by atoms with Gasteiger partial charge in [-0.3, -0.25) is 4.79 Å². The van der Waals surface area contributed by atoms with Crippen LogP contribution in [0.3, 0.4) is 0 Å². The molecule has 2 heterocycles. The second-order valence-corrected chi connectivity index (χ2v) is 5.43. The standard InChI is InChI=1S/C13H18N2O3/c1-9-6-14-11(17-9)12(16)15-7-10(2)18-13(8-15)4-3-5-13/h6,10H,3-5,7-8H2,1-2H3. The lowest BCUT2D eigenvalue weighted by molar-refractivity contribution is -0.176. The van der Waals surface area contributed by atoms with Crippen molar-refractivity contribution >= 4 is 5.91 Å². The van der Waals surface area contributed by atoms with Gasteiger partial charge in [0.15, 0.2) is 0 Å². The number of oxazole rings is 1. The molecule has 1 saturated carbocycles. The highest BCUT2D eigenvalue weighted by Crippen LogP contribution is 2.40. The van der Waals surface area contributed by atoms with E-state index in [-0.39, 0.29) is 23.5 Å². The van der Waals surface area contributed by atoms with Crippen LogP contribution in [0, 0.1) is 6.92 Å². The van der Waals surface area contributed by atoms with Gasteiger partial charge in [0.1, 0.15) is 5.76 Å². The van der Waals surface area contributed by atoms with Gasteiger partial charge in [0.2, 0.25) is 0 Å². The Balaban J connectivity index is 1.77. The monoisotopic (exact) mass is 250 g/mol. The van der Waals surface area contributed by atoms with Gasteiger partial charge in [0, 0.05) is 6.54 Å². The summed E-state index contributed by atoms with van der Waals surface area (Å²) in [5.41, 5.74) is -0.102. The maximum atomic E-state index is 12.3. The fraction of sp³-hybridized carbons (Fsp3) is 0.692. The highest BCUT2D eigenvalue weighted by Gasteiger charge is 2.45. The van der Waals surface area contributed by atoms with Gasteiger partial charge in [-0.25, -0.2) is 4.98 Å². The maximum absolute atomic E-state index is 12.3. The first-order valence-corrected chi connectivity index (χ1v) is 6.48. The number of nitrogens with zero attached hydrogens (tertiary/aromatic N) is 2. The lowest BCUT2D eigenvalue weighted by Crippen LogP contribution is -2.59. The molecule has 1 unspecified atom stereocenters. The van der Waals surface area contributed by atoms with Crippen LogP contribution in [0.5, 0.6) is 0 Å². The van der Waals surface area contributed by atoms with Crippen LogP contribution in [0.1, 0.15) is 42.6 Å². The number of carbonyl (C=O) groups is 1. The van der Waals surface area contributed by atoms with E-state index in [9.17, 15) is 4.79 Å². The molecule has 1 saturated heterocycles. The molecular formula is C13H18N2O3. The van der Waals surface area contributed by atoms with Crippen molar-refractivity contribution in [1.82, 2.24) is 9.88 Å². The minimum absolute atomic E-state index is 0.0825. The van der Waals surface area contributed by atoms with E-state index in [1.54, 1.807) is 13.1 Å². The Morgan fingerprint density at radius 3 is 2.89 bits per heavy atom. The van der Waals surface area contributed by atoms with Crippen molar-refractivity contribution in [2.24, 2.45) is 0 Å². The molecule has 1 aromatic heterocycles. The first kappa shape index (κ1) is 11.7. The van der Waals surface area contributed by atoms with Crippen LogP contribution in [0.15, 0.2) is 10.6 Å². The van der Waals surface area contributed by atoms with Gasteiger partial charge >= 0.3 is 5.91 Å². The number of morpholine rings is 1. The molecule has 0 N–H and O–H groups in total. The average Bonchev–Trinajstić information content (AvgIpc) is 2.72. The van der Waals surface area contributed by atoms with E-state index < -0.39 is 0 Å². The van der Waals surface area contributed by atoms with E-state index in [1.807, 2.05) is 11.8 Å². The van der Waals surface area contributed by atoms with E-state index >= 15 is 0 Å². The van der Waals surface area contributed by atoms with Crippen LogP contribution in [0.25, 0.3) is 0 Å². The molecule has 1 aliphatic carbocycles. The van der Waals surface area contributed by atoms with E-state index in [0.29, 0.717) is 18.8 Å². The second kappa shape index (κ2) is 4.09. The minimum atomic E-state index is -0.121. The summed E-state index contributed by atoms with van der Waals surface area (Å²) in [6, 6.07) is 0. The minimum Gasteiger partial charge on any atom is -0.438 e. The maximum Gasteiger partial charge on any atom is 0.309 e. The second-order valence-electron chi connectivity index (χ2n) is 5.43. The molecule has 0 aromatic carbocycles. The van der Waals surface area contributed by atoms with Crippen LogP contribution in [0.2, 0.25) is 0 Å². The van der Waals surface area contributed by atoms with Gasteiger partial charge < -0.3 is 14.1 Å². The third-order valence-corrected chi connectivity index (χ3v) is 3.76. The molecule has 3 rings (SSSR count). The average molecular weight is 250 g/mol. The summed E-state index contributed by atoms with van der Waals surface area (Å²) in [5, 5.41) is 0. The number of amides is 1. The van der Waals surface area contributed by atoms with Crippen LogP contribution < -0.4 is 0 Å². The highest BCUT2D eigenvalue weighted by atomic mass is 16.5. The Labute approximate surface area is 106 Å². The smallest absolute Gasteiger partial charge is 0.309 e. The first-order valence-electron chi connectivity index (χ1n) is 6.48. The van der Waals surface area contributed by atoms with Gasteiger partial charge in [0.25, 0.3) is 5.89 Å². The molecule has 1 aromatic rings. The Morgan fingerprint density at radius 1 is 1.56 bits per heavy atom. The van der Waals surface area contributed by atoms with Crippen LogP contribution in [-0.4, -0.2) is 40.6 Å². The van der Waals surface area contributed by atoms with E-state index in [1.165, 1.54) is 6.42 Å². The molecule has 2 fully saturated rings. The summed E-state index contributed by atoms with van der Waals surface area (Å²) in [6.45, 7) is 5.08. The molecule has 5 heteroatoms. The third kappa shape index (κ3) is 1.92. The number of aromatic nitrogens is 1. The van der Waals surface area contributed by atoms with Crippen molar-refractivity contribution in [3.63, 3.8) is 0 Å². The lowest BCUT2D eigenvalue weighted by Gasteiger charge is -2.50. The zero-order valence-electron chi connectivity index (χ0n) is 10.8. The Morgan fingerprint density at radius 2 is 2.33 bits per heavy atom. The molecular weight excluding hydrogens is 232 g/mol. The summed E-state index contributed by atoms with van der Waals surface area (Å²) in [5.74, 6) is 0.735. The summed E-state index contributed by atoms with van der Waals surface area (Å²) >= 11 is 0. The fourth-order valence-electron chi connectivity index (χ4n) is 2.81. The molecule has 1 atom stereocenters. The summed E-state index contributed by atoms with van der Waals surface area (Å²) < 4.78 is 11.3. The number of hydrogen-bond acceptors (Lipinski definition) is 4. The number of carbonyl (C=O) groups excluding carboxylic acids is 1. The number of ether oxygens (including phenoxy) is 1. The quantitative estimate of drug-likeness (QED) is 0.762. The van der Waals surface area contributed by atoms with Crippen LogP contribution in [0.4, 0.5) is 0 Å². The number of rotatable bonds is 1. The van der Waals surface area contributed by atoms with E-state index in [4.69, 9.17) is 9.15 Å². The van der Waals surface area contributed by atoms with Crippen molar-refractivity contribution in [1.29, 1.82) is 0 Å². The molecule has 1 aliphatic heterocycles. The van der Waals surface area contributed by atoms with Crippen LogP contribution in [-0.2, 0) is 4.74 Å². The Hall–Kier alpha value is -1.36. The summed E-state index contributed by atoms with van der Waals surface area (Å²) in [7, 11) is 0. The first-order chi connectivity index (χ1) is 8.58. The van der Waals surface area contributed by atoms with Gasteiger partial charge in [-0.05, 0) is 33.1 Å². The van der Waals surface area contributed by atoms with Crippen molar-refractivity contribution < 1.29 is 13.9 Å². The zero-order valence-corrected chi connectivity index (χ0v) is 10.8. The highest BCUT2D eigenvalue weighted by molar-refractivity contribution is 5.89. The largest absolute Gasteiger partial charge is 0.438 e. The third-order valence-electron chi connectivity index (χ3n) is 3.76. The molecule has 5 nitrogen and oxygen atoms in total. The number of aryl methyl sites for hydroxylation is 1. The molecule has 1 amide bonds. The topological polar surface area (TPSA) is 55.6 Å². The van der Waals surface area contributed by atoms with Crippen molar-refractivity contribution in [2.75, 3.05) is 13.1 Å². The molecule has 98 valence electrons. The van der Waals surface area contributed by atoms with Crippen molar-refractivity contribution in [2.45, 2.75) is 44.8 Å². The van der Waals surface area contributed by atoms with Crippen molar-refractivity contribution in [3.05, 3.63) is 17.8 Å². The normalized spacial score (nSPS) is 26.1. The van der Waals surface area contributed by atoms with Crippen molar-refractivity contribution in [3.8, 4) is 0 Å². The van der Waals surface area contributed by atoms with E-state index in [0.717, 1.165) is 12.8 Å². The Bertz CT molecular complexity index is 465. The Kier molecular flexibility index (Phi) is 2.66. The summed E-state index contributed by atoms with van der Waals surface area (Å²) in [4.78, 5) is 18.1. The molecule has 2 aliphatic rings. The SMILES string of the molecule is Cc1cnc(C(=O)N2CC(C)OC3(CCC3)C2)o1. The predicted molar refractivity (Wildman–Crippen MR) is 64.3 cm³/mol. The molecule has 1 spiro atoms. The van der Waals surface area contributed by atoms with Gasteiger partial charge in [-0.1, -0.05) is 0 Å². The van der Waals surface area contributed by atoms with Gasteiger partial charge in [0.05, 0.1) is 24.4 Å². The zero-order chi connectivity index (χ0) is 12.8. The van der Waals surface area contributed by atoms with Crippen LogP contribution >= 0.6 is 0 Å². The molecule has 0 radical (unpaired) electrons. The molecule has 18 heavy (non-hydrogen) atoms. The number of hydrogen-bond donors (Lipinski definition) is 0. The van der Waals surface area contributed by atoms with E-state index in [2.05, 4.69) is 4.98 Å².